The third kappa shape index (κ3) is 4.15. The lowest BCUT2D eigenvalue weighted by Gasteiger charge is -2.08. The van der Waals surface area contributed by atoms with Crippen LogP contribution in [0.15, 0.2) is 84.8 Å². The Morgan fingerprint density at radius 2 is 1.78 bits per heavy atom. The highest BCUT2D eigenvalue weighted by Crippen LogP contribution is 2.28. The number of carbonyl (C=O) groups is 1. The molecule has 4 nitrogen and oxygen atoms in total. The number of hydrogen-bond donors (Lipinski definition) is 1. The molecule has 0 spiro atoms. The summed E-state index contributed by atoms with van der Waals surface area (Å²) in [7, 11) is 0. The maximum atomic E-state index is 12.6. The van der Waals surface area contributed by atoms with E-state index >= 15 is 0 Å². The van der Waals surface area contributed by atoms with Gasteiger partial charge in [-0.2, -0.15) is 0 Å². The number of rotatable bonds is 6. The second-order valence-corrected chi connectivity index (χ2v) is 7.18. The van der Waals surface area contributed by atoms with Crippen LogP contribution in [0.3, 0.4) is 0 Å². The Kier molecular flexibility index (Phi) is 5.12. The van der Waals surface area contributed by atoms with Crippen molar-refractivity contribution in [1.29, 1.82) is 0 Å². The number of benzene rings is 2. The van der Waals surface area contributed by atoms with E-state index in [1.807, 2.05) is 52.5 Å². The standard InChI is InChI=1S/C22H19N3OS/c26-22(21-20(10-13-27-21)19-4-2-1-3-5-19)24-14-17-6-8-18(9-7-17)15-25-12-11-23-16-25/h1-13,16H,14-15H2,(H,24,26). The molecular formula is C22H19N3OS. The van der Waals surface area contributed by atoms with E-state index in [2.05, 4.69) is 34.6 Å². The Bertz CT molecular complexity index is 1010. The third-order valence-corrected chi connectivity index (χ3v) is 5.27. The van der Waals surface area contributed by atoms with Crippen LogP contribution in [0.4, 0.5) is 0 Å². The Morgan fingerprint density at radius 3 is 2.52 bits per heavy atom. The highest BCUT2D eigenvalue weighted by Gasteiger charge is 2.14. The zero-order valence-electron chi connectivity index (χ0n) is 14.7. The molecule has 4 aromatic rings. The van der Waals surface area contributed by atoms with Crippen molar-refractivity contribution in [2.24, 2.45) is 0 Å². The van der Waals surface area contributed by atoms with E-state index < -0.39 is 0 Å². The summed E-state index contributed by atoms with van der Waals surface area (Å²) >= 11 is 1.47. The molecule has 0 fully saturated rings. The molecule has 27 heavy (non-hydrogen) atoms. The summed E-state index contributed by atoms with van der Waals surface area (Å²) < 4.78 is 2.03. The molecule has 2 aromatic carbocycles. The normalized spacial score (nSPS) is 10.7. The van der Waals surface area contributed by atoms with Crippen molar-refractivity contribution < 1.29 is 4.79 Å². The smallest absolute Gasteiger partial charge is 0.262 e. The van der Waals surface area contributed by atoms with Gasteiger partial charge in [-0.15, -0.1) is 11.3 Å². The van der Waals surface area contributed by atoms with Crippen molar-refractivity contribution in [3.63, 3.8) is 0 Å². The number of aromatic nitrogens is 2. The summed E-state index contributed by atoms with van der Waals surface area (Å²) in [6.07, 6.45) is 5.52. The SMILES string of the molecule is O=C(NCc1ccc(Cn2ccnc2)cc1)c1sccc1-c1ccccc1. The first-order valence-electron chi connectivity index (χ1n) is 8.74. The maximum Gasteiger partial charge on any atom is 0.262 e. The van der Waals surface area contributed by atoms with Gasteiger partial charge < -0.3 is 9.88 Å². The Labute approximate surface area is 162 Å². The molecule has 0 aliphatic carbocycles. The van der Waals surface area contributed by atoms with Crippen LogP contribution in [0.2, 0.25) is 0 Å². The summed E-state index contributed by atoms with van der Waals surface area (Å²) in [5.74, 6) is -0.0358. The van der Waals surface area contributed by atoms with Crippen LogP contribution in [0.1, 0.15) is 20.8 Å². The van der Waals surface area contributed by atoms with E-state index in [1.165, 1.54) is 16.9 Å². The molecule has 0 atom stereocenters. The summed E-state index contributed by atoms with van der Waals surface area (Å²) in [5.41, 5.74) is 4.32. The molecule has 2 heterocycles. The minimum atomic E-state index is -0.0358. The topological polar surface area (TPSA) is 46.9 Å². The number of nitrogens with one attached hydrogen (secondary N) is 1. The molecular weight excluding hydrogens is 354 g/mol. The Hall–Kier alpha value is -3.18. The zero-order valence-corrected chi connectivity index (χ0v) is 15.5. The van der Waals surface area contributed by atoms with Gasteiger partial charge in [-0.3, -0.25) is 4.79 Å². The molecule has 0 saturated heterocycles. The molecule has 0 saturated carbocycles. The lowest BCUT2D eigenvalue weighted by molar-refractivity contribution is 0.0955. The fraction of sp³-hybridized carbons (Fsp3) is 0.0909. The van der Waals surface area contributed by atoms with Gasteiger partial charge in [0, 0.05) is 31.0 Å². The van der Waals surface area contributed by atoms with E-state index in [0.717, 1.165) is 28.1 Å². The second-order valence-electron chi connectivity index (χ2n) is 6.26. The first kappa shape index (κ1) is 17.2. The van der Waals surface area contributed by atoms with Crippen LogP contribution in [0, 0.1) is 0 Å². The summed E-state index contributed by atoms with van der Waals surface area (Å²) in [6, 6.07) is 20.3. The largest absolute Gasteiger partial charge is 0.347 e. The van der Waals surface area contributed by atoms with Crippen LogP contribution >= 0.6 is 11.3 Å². The Morgan fingerprint density at radius 1 is 1.00 bits per heavy atom. The highest BCUT2D eigenvalue weighted by molar-refractivity contribution is 7.12. The number of nitrogens with zero attached hydrogens (tertiary/aromatic N) is 2. The van der Waals surface area contributed by atoms with Gasteiger partial charge in [0.05, 0.1) is 11.2 Å². The van der Waals surface area contributed by atoms with Gasteiger partial charge in [0.15, 0.2) is 0 Å². The van der Waals surface area contributed by atoms with Gasteiger partial charge in [-0.25, -0.2) is 4.98 Å². The summed E-state index contributed by atoms with van der Waals surface area (Å²) in [6.45, 7) is 1.30. The number of amides is 1. The fourth-order valence-electron chi connectivity index (χ4n) is 2.95. The molecule has 2 aromatic heterocycles. The van der Waals surface area contributed by atoms with Gasteiger partial charge in [0.25, 0.3) is 5.91 Å². The minimum Gasteiger partial charge on any atom is -0.347 e. The average Bonchev–Trinajstić information content (AvgIpc) is 3.40. The Balaban J connectivity index is 1.39. The van der Waals surface area contributed by atoms with Crippen LogP contribution in [0.5, 0.6) is 0 Å². The van der Waals surface area contributed by atoms with E-state index in [-0.39, 0.29) is 5.91 Å². The molecule has 0 unspecified atom stereocenters. The van der Waals surface area contributed by atoms with Crippen molar-refractivity contribution in [3.05, 3.63) is 101 Å². The molecule has 5 heteroatoms. The number of hydrogen-bond acceptors (Lipinski definition) is 3. The molecule has 0 aliphatic heterocycles. The molecule has 0 bridgehead atoms. The molecule has 0 aliphatic rings. The fourth-order valence-corrected chi connectivity index (χ4v) is 3.78. The first-order chi connectivity index (χ1) is 13.3. The van der Waals surface area contributed by atoms with Crippen molar-refractivity contribution in [2.45, 2.75) is 13.1 Å². The zero-order chi connectivity index (χ0) is 18.5. The van der Waals surface area contributed by atoms with Gasteiger partial charge >= 0.3 is 0 Å². The molecule has 0 radical (unpaired) electrons. The van der Waals surface area contributed by atoms with Gasteiger partial charge in [0.2, 0.25) is 0 Å². The van der Waals surface area contributed by atoms with Crippen molar-refractivity contribution in [1.82, 2.24) is 14.9 Å². The number of imidazole rings is 1. The van der Waals surface area contributed by atoms with E-state index in [0.29, 0.717) is 6.54 Å². The second kappa shape index (κ2) is 8.01. The van der Waals surface area contributed by atoms with Gasteiger partial charge in [0.1, 0.15) is 0 Å². The van der Waals surface area contributed by atoms with Crippen LogP contribution in [-0.2, 0) is 13.1 Å². The molecule has 4 rings (SSSR count). The molecule has 134 valence electrons. The molecule has 1 amide bonds. The summed E-state index contributed by atoms with van der Waals surface area (Å²) in [5, 5.41) is 4.99. The van der Waals surface area contributed by atoms with E-state index in [9.17, 15) is 4.79 Å². The lowest BCUT2D eigenvalue weighted by atomic mass is 10.1. The third-order valence-electron chi connectivity index (χ3n) is 4.36. The van der Waals surface area contributed by atoms with Crippen molar-refractivity contribution in [2.75, 3.05) is 0 Å². The predicted molar refractivity (Wildman–Crippen MR) is 109 cm³/mol. The van der Waals surface area contributed by atoms with E-state index in [1.54, 1.807) is 12.5 Å². The lowest BCUT2D eigenvalue weighted by Crippen LogP contribution is -2.22. The quantitative estimate of drug-likeness (QED) is 0.537. The van der Waals surface area contributed by atoms with Crippen LogP contribution in [0.25, 0.3) is 11.1 Å². The van der Waals surface area contributed by atoms with Gasteiger partial charge in [-0.1, -0.05) is 54.6 Å². The molecule has 1 N–H and O–H groups in total. The van der Waals surface area contributed by atoms with Crippen LogP contribution < -0.4 is 5.32 Å². The van der Waals surface area contributed by atoms with Crippen molar-refractivity contribution in [3.8, 4) is 11.1 Å². The first-order valence-corrected chi connectivity index (χ1v) is 9.62. The monoisotopic (exact) mass is 373 g/mol. The highest BCUT2D eigenvalue weighted by atomic mass is 32.1. The maximum absolute atomic E-state index is 12.6. The minimum absolute atomic E-state index is 0.0358. The van der Waals surface area contributed by atoms with Gasteiger partial charge in [-0.05, 0) is 28.1 Å². The number of thiophene rings is 1. The summed E-state index contributed by atoms with van der Waals surface area (Å²) in [4.78, 5) is 17.4. The van der Waals surface area contributed by atoms with Crippen molar-refractivity contribution >= 4 is 17.2 Å². The average molecular weight is 373 g/mol. The predicted octanol–water partition coefficient (Wildman–Crippen LogP) is 4.59. The van der Waals surface area contributed by atoms with E-state index in [4.69, 9.17) is 0 Å². The van der Waals surface area contributed by atoms with Crippen LogP contribution in [-0.4, -0.2) is 15.5 Å². The number of carbonyl (C=O) groups excluding carboxylic acids is 1.